The van der Waals surface area contributed by atoms with Crippen LogP contribution >= 0.6 is 22.6 Å². The third-order valence-corrected chi connectivity index (χ3v) is 2.69. The van der Waals surface area contributed by atoms with E-state index in [9.17, 15) is 9.90 Å². The molecule has 0 aliphatic carbocycles. The minimum absolute atomic E-state index is 0.168. The summed E-state index contributed by atoms with van der Waals surface area (Å²) in [6, 6.07) is 5.14. The fourth-order valence-electron chi connectivity index (χ4n) is 0.998. The number of hydrogen-bond acceptors (Lipinski definition) is 2. The van der Waals surface area contributed by atoms with Gasteiger partial charge in [0.2, 0.25) is 5.43 Å². The lowest BCUT2D eigenvalue weighted by Gasteiger charge is -2.00. The van der Waals surface area contributed by atoms with Gasteiger partial charge in [-0.25, -0.2) is 0 Å². The molecule has 0 amide bonds. The Hall–Kier alpha value is -0.580. The highest BCUT2D eigenvalue weighted by atomic mass is 127. The maximum absolute atomic E-state index is 11.3. The lowest BCUT2D eigenvalue weighted by Crippen LogP contribution is -1.99. The summed E-state index contributed by atoms with van der Waals surface area (Å²) in [6.07, 6.45) is 0. The summed E-state index contributed by atoms with van der Waals surface area (Å²) in [7, 11) is 0. The van der Waals surface area contributed by atoms with Crippen LogP contribution in [0.2, 0.25) is 0 Å². The monoisotopic (exact) mass is 290 g/mol. The Morgan fingerprint density at radius 2 is 2.00 bits per heavy atom. The average Bonchev–Trinajstić information content (AvgIpc) is 2.19. The van der Waals surface area contributed by atoms with Crippen molar-refractivity contribution in [1.29, 1.82) is 0 Å². The van der Waals surface area contributed by atoms with Gasteiger partial charge < -0.3 is 5.11 Å². The Balaban J connectivity index is 3.43. The fourth-order valence-corrected chi connectivity index (χ4v) is 1.45. The van der Waals surface area contributed by atoms with Gasteiger partial charge in [-0.1, -0.05) is 19.9 Å². The minimum atomic E-state index is -0.299. The predicted molar refractivity (Wildman–Crippen MR) is 61.2 cm³/mol. The van der Waals surface area contributed by atoms with Gasteiger partial charge >= 0.3 is 0 Å². The standard InChI is InChI=1S/C10H11IO2/c1-6(2)7-3-4-8(11)10(13)9(12)5-7/h3-6H,1-2H3,(H,12,13). The molecule has 0 unspecified atom stereocenters. The fraction of sp³-hybridized carbons (Fsp3) is 0.300. The highest BCUT2D eigenvalue weighted by molar-refractivity contribution is 14.1. The van der Waals surface area contributed by atoms with E-state index in [1.807, 2.05) is 42.5 Å². The van der Waals surface area contributed by atoms with Crippen LogP contribution in [0, 0.1) is 3.57 Å². The zero-order chi connectivity index (χ0) is 10.0. The van der Waals surface area contributed by atoms with E-state index in [1.165, 1.54) is 6.07 Å². The normalized spacial score (nSPS) is 10.5. The van der Waals surface area contributed by atoms with E-state index < -0.39 is 0 Å². The molecule has 1 N–H and O–H groups in total. The van der Waals surface area contributed by atoms with Gasteiger partial charge in [0.15, 0.2) is 5.75 Å². The van der Waals surface area contributed by atoms with Crippen LogP contribution in [0.1, 0.15) is 25.3 Å². The molecule has 0 aliphatic heterocycles. The van der Waals surface area contributed by atoms with Crippen LogP contribution in [0.4, 0.5) is 0 Å². The first-order chi connectivity index (χ1) is 6.02. The summed E-state index contributed by atoms with van der Waals surface area (Å²) in [6.45, 7) is 4.04. The molecule has 0 spiro atoms. The SMILES string of the molecule is CC(C)c1ccc(I)c(=O)c(O)c1. The van der Waals surface area contributed by atoms with Gasteiger partial charge in [-0.15, -0.1) is 0 Å². The molecular weight excluding hydrogens is 279 g/mol. The van der Waals surface area contributed by atoms with E-state index in [0.717, 1.165) is 5.56 Å². The van der Waals surface area contributed by atoms with Crippen molar-refractivity contribution in [2.75, 3.05) is 0 Å². The van der Waals surface area contributed by atoms with Crippen molar-refractivity contribution in [3.05, 3.63) is 37.6 Å². The average molecular weight is 290 g/mol. The van der Waals surface area contributed by atoms with E-state index in [0.29, 0.717) is 9.49 Å². The molecule has 1 aromatic rings. The van der Waals surface area contributed by atoms with Crippen molar-refractivity contribution in [1.82, 2.24) is 0 Å². The minimum Gasteiger partial charge on any atom is -0.504 e. The highest BCUT2D eigenvalue weighted by Crippen LogP contribution is 2.16. The lowest BCUT2D eigenvalue weighted by molar-refractivity contribution is 0.469. The second-order valence-electron chi connectivity index (χ2n) is 3.19. The maximum Gasteiger partial charge on any atom is 0.233 e. The molecule has 0 saturated heterocycles. The zero-order valence-corrected chi connectivity index (χ0v) is 9.70. The van der Waals surface area contributed by atoms with Crippen LogP contribution in [0.15, 0.2) is 23.0 Å². The molecule has 3 heteroatoms. The van der Waals surface area contributed by atoms with Gasteiger partial charge in [0.25, 0.3) is 0 Å². The summed E-state index contributed by atoms with van der Waals surface area (Å²) in [5.41, 5.74) is 0.671. The molecule has 0 saturated carbocycles. The smallest absolute Gasteiger partial charge is 0.233 e. The Kier molecular flexibility index (Phi) is 3.30. The number of aromatic hydroxyl groups is 1. The summed E-state index contributed by atoms with van der Waals surface area (Å²) in [5.74, 6) is 0.145. The number of rotatable bonds is 1. The van der Waals surface area contributed by atoms with Gasteiger partial charge in [0.1, 0.15) is 0 Å². The van der Waals surface area contributed by atoms with Crippen LogP contribution in [-0.2, 0) is 0 Å². The Morgan fingerprint density at radius 1 is 1.38 bits per heavy atom. The summed E-state index contributed by atoms with van der Waals surface area (Å²) < 4.78 is 0.544. The summed E-state index contributed by atoms with van der Waals surface area (Å²) in [4.78, 5) is 11.3. The Morgan fingerprint density at radius 3 is 2.54 bits per heavy atom. The Bertz CT molecular complexity index is 372. The molecule has 70 valence electrons. The van der Waals surface area contributed by atoms with Crippen molar-refractivity contribution in [2.24, 2.45) is 0 Å². The Labute approximate surface area is 90.8 Å². The van der Waals surface area contributed by atoms with Gasteiger partial charge in [0, 0.05) is 0 Å². The maximum atomic E-state index is 11.3. The molecule has 13 heavy (non-hydrogen) atoms. The van der Waals surface area contributed by atoms with Gasteiger partial charge in [-0.2, -0.15) is 0 Å². The largest absolute Gasteiger partial charge is 0.504 e. The first-order valence-corrected chi connectivity index (χ1v) is 5.13. The van der Waals surface area contributed by atoms with E-state index in [4.69, 9.17) is 0 Å². The van der Waals surface area contributed by atoms with Crippen LogP contribution in [-0.4, -0.2) is 5.11 Å². The zero-order valence-electron chi connectivity index (χ0n) is 7.54. The van der Waals surface area contributed by atoms with E-state index >= 15 is 0 Å². The molecule has 0 bridgehead atoms. The first kappa shape index (κ1) is 10.5. The van der Waals surface area contributed by atoms with E-state index in [2.05, 4.69) is 0 Å². The topological polar surface area (TPSA) is 37.3 Å². The van der Waals surface area contributed by atoms with Gasteiger partial charge in [-0.3, -0.25) is 4.79 Å². The van der Waals surface area contributed by atoms with E-state index in [1.54, 1.807) is 6.07 Å². The quantitative estimate of drug-likeness (QED) is 0.807. The first-order valence-electron chi connectivity index (χ1n) is 4.05. The van der Waals surface area contributed by atoms with Crippen molar-refractivity contribution in [3.63, 3.8) is 0 Å². The van der Waals surface area contributed by atoms with Gasteiger partial charge in [-0.05, 0) is 46.2 Å². The molecule has 0 fully saturated rings. The van der Waals surface area contributed by atoms with Crippen molar-refractivity contribution >= 4 is 22.6 Å². The molecule has 0 aromatic heterocycles. The third-order valence-electron chi connectivity index (χ3n) is 1.84. The molecule has 0 heterocycles. The van der Waals surface area contributed by atoms with Crippen LogP contribution < -0.4 is 5.43 Å². The highest BCUT2D eigenvalue weighted by Gasteiger charge is 2.03. The van der Waals surface area contributed by atoms with Crippen LogP contribution in [0.5, 0.6) is 5.75 Å². The second-order valence-corrected chi connectivity index (χ2v) is 4.36. The van der Waals surface area contributed by atoms with Crippen LogP contribution in [0.25, 0.3) is 0 Å². The molecule has 1 aromatic carbocycles. The third kappa shape index (κ3) is 2.43. The van der Waals surface area contributed by atoms with Crippen LogP contribution in [0.3, 0.4) is 0 Å². The molecular formula is C10H11IO2. The molecule has 0 aliphatic rings. The summed E-state index contributed by atoms with van der Waals surface area (Å²) >= 11 is 1.92. The van der Waals surface area contributed by atoms with Gasteiger partial charge in [0.05, 0.1) is 3.57 Å². The lowest BCUT2D eigenvalue weighted by atomic mass is 10.1. The molecule has 1 rings (SSSR count). The molecule has 2 nitrogen and oxygen atoms in total. The van der Waals surface area contributed by atoms with Crippen molar-refractivity contribution in [2.45, 2.75) is 19.8 Å². The second kappa shape index (κ2) is 4.09. The van der Waals surface area contributed by atoms with Crippen molar-refractivity contribution in [3.8, 4) is 5.75 Å². The predicted octanol–water partition coefficient (Wildman–Crippen LogP) is 2.48. The van der Waals surface area contributed by atoms with E-state index in [-0.39, 0.29) is 11.2 Å². The molecule has 0 radical (unpaired) electrons. The summed E-state index contributed by atoms with van der Waals surface area (Å²) in [5, 5.41) is 9.37. The van der Waals surface area contributed by atoms with Crippen molar-refractivity contribution < 1.29 is 5.11 Å². The number of hydrogen-bond donors (Lipinski definition) is 1. The number of halogens is 1. The molecule has 0 atom stereocenters.